The maximum absolute atomic E-state index is 13.4. The largest absolute Gasteiger partial charge is 0.395 e. The quantitative estimate of drug-likeness (QED) is 0.863. The van der Waals surface area contributed by atoms with E-state index in [2.05, 4.69) is 0 Å². The highest BCUT2D eigenvalue weighted by Crippen LogP contribution is 2.26. The van der Waals surface area contributed by atoms with Crippen molar-refractivity contribution in [3.63, 3.8) is 0 Å². The molecule has 0 radical (unpaired) electrons. The summed E-state index contributed by atoms with van der Waals surface area (Å²) in [6.45, 7) is 2.28. The van der Waals surface area contributed by atoms with Gasteiger partial charge in [-0.05, 0) is 23.6 Å². The molecule has 0 unspecified atom stereocenters. The Morgan fingerprint density at radius 3 is 2.65 bits per heavy atom. The lowest BCUT2D eigenvalue weighted by molar-refractivity contribution is 0.426. The molecule has 2 rings (SSSR count). The summed E-state index contributed by atoms with van der Waals surface area (Å²) in [4.78, 5) is 0.737. The van der Waals surface area contributed by atoms with E-state index in [1.54, 1.807) is 6.92 Å². The summed E-state index contributed by atoms with van der Waals surface area (Å²) in [5.41, 5.74) is 5.22. The molecule has 2 aromatic rings. The Labute approximate surface area is 121 Å². The zero-order valence-corrected chi connectivity index (χ0v) is 12.5. The van der Waals surface area contributed by atoms with E-state index < -0.39 is 15.8 Å². The normalized spacial score (nSPS) is 11.9. The molecule has 1 aromatic carbocycles. The summed E-state index contributed by atoms with van der Waals surface area (Å²) in [5.74, 6) is -0.724. The van der Waals surface area contributed by atoms with Crippen LogP contribution in [0.5, 0.6) is 0 Å². The average molecular weight is 314 g/mol. The van der Waals surface area contributed by atoms with Crippen LogP contribution in [0.1, 0.15) is 11.8 Å². The summed E-state index contributed by atoms with van der Waals surface area (Å²) in [6, 6.07) is 7.53. The number of para-hydroxylation sites is 1. The van der Waals surface area contributed by atoms with Crippen LogP contribution in [0.4, 0.5) is 10.1 Å². The number of thiophene rings is 1. The Kier molecular flexibility index (Phi) is 4.42. The Hall–Kier alpha value is -1.44. The lowest BCUT2D eigenvalue weighted by Crippen LogP contribution is -2.30. The van der Waals surface area contributed by atoms with Crippen molar-refractivity contribution in [2.45, 2.75) is 18.4 Å². The standard InChI is InChI=1S/C13H15FN2O2S2/c1-2-16(9-10-5-4-8-19-10)20(17,18)12-7-3-6-11(14)13(12)15/h3-8H,2,9,15H2,1H3. The van der Waals surface area contributed by atoms with Crippen molar-refractivity contribution in [1.29, 1.82) is 0 Å². The first-order valence-corrected chi connectivity index (χ1v) is 8.35. The van der Waals surface area contributed by atoms with Crippen molar-refractivity contribution in [2.24, 2.45) is 0 Å². The predicted octanol–water partition coefficient (Wildman–Crippen LogP) is 2.68. The third kappa shape index (κ3) is 2.84. The van der Waals surface area contributed by atoms with Gasteiger partial charge in [-0.2, -0.15) is 4.31 Å². The number of sulfonamides is 1. The van der Waals surface area contributed by atoms with E-state index in [1.807, 2.05) is 17.5 Å². The van der Waals surface area contributed by atoms with Gasteiger partial charge in [-0.15, -0.1) is 11.3 Å². The number of anilines is 1. The molecule has 0 aliphatic rings. The number of nitrogens with two attached hydrogens (primary N) is 1. The molecule has 0 atom stereocenters. The Morgan fingerprint density at radius 1 is 1.30 bits per heavy atom. The minimum atomic E-state index is -3.81. The van der Waals surface area contributed by atoms with Gasteiger partial charge in [0.25, 0.3) is 0 Å². The van der Waals surface area contributed by atoms with Gasteiger partial charge in [0, 0.05) is 18.0 Å². The fourth-order valence-corrected chi connectivity index (χ4v) is 4.18. The van der Waals surface area contributed by atoms with Gasteiger partial charge in [-0.25, -0.2) is 12.8 Å². The third-order valence-corrected chi connectivity index (χ3v) is 5.74. The van der Waals surface area contributed by atoms with Crippen LogP contribution in [0.25, 0.3) is 0 Å². The zero-order valence-electron chi connectivity index (χ0n) is 10.9. The fourth-order valence-electron chi connectivity index (χ4n) is 1.82. The molecule has 0 aliphatic heterocycles. The lowest BCUT2D eigenvalue weighted by atomic mass is 10.3. The van der Waals surface area contributed by atoms with Gasteiger partial charge in [0.15, 0.2) is 0 Å². The van der Waals surface area contributed by atoms with E-state index in [0.29, 0.717) is 0 Å². The SMILES string of the molecule is CCN(Cc1cccs1)S(=O)(=O)c1cccc(F)c1N. The number of benzene rings is 1. The number of hydrogen-bond acceptors (Lipinski definition) is 4. The van der Waals surface area contributed by atoms with E-state index in [0.717, 1.165) is 10.9 Å². The number of nitrogen functional groups attached to an aromatic ring is 1. The van der Waals surface area contributed by atoms with E-state index in [4.69, 9.17) is 5.73 Å². The van der Waals surface area contributed by atoms with E-state index in [9.17, 15) is 12.8 Å². The number of halogens is 1. The molecule has 1 aromatic heterocycles. The van der Waals surface area contributed by atoms with Crippen molar-refractivity contribution in [2.75, 3.05) is 12.3 Å². The van der Waals surface area contributed by atoms with E-state index in [-0.39, 0.29) is 23.7 Å². The molecule has 20 heavy (non-hydrogen) atoms. The highest BCUT2D eigenvalue weighted by Gasteiger charge is 2.26. The topological polar surface area (TPSA) is 63.4 Å². The van der Waals surface area contributed by atoms with Gasteiger partial charge in [0.05, 0.1) is 5.69 Å². The lowest BCUT2D eigenvalue weighted by Gasteiger charge is -2.20. The van der Waals surface area contributed by atoms with Crippen LogP contribution in [-0.2, 0) is 16.6 Å². The van der Waals surface area contributed by atoms with Crippen LogP contribution in [0.3, 0.4) is 0 Å². The first-order chi connectivity index (χ1) is 9.46. The summed E-state index contributed by atoms with van der Waals surface area (Å²) < 4.78 is 39.8. The smallest absolute Gasteiger partial charge is 0.245 e. The summed E-state index contributed by atoms with van der Waals surface area (Å²) >= 11 is 1.47. The van der Waals surface area contributed by atoms with Gasteiger partial charge in [-0.1, -0.05) is 19.1 Å². The van der Waals surface area contributed by atoms with Crippen LogP contribution < -0.4 is 5.73 Å². The van der Waals surface area contributed by atoms with E-state index in [1.165, 1.54) is 27.8 Å². The second-order valence-electron chi connectivity index (χ2n) is 4.16. The molecule has 0 bridgehead atoms. The molecule has 4 nitrogen and oxygen atoms in total. The van der Waals surface area contributed by atoms with Crippen molar-refractivity contribution in [3.05, 3.63) is 46.4 Å². The fraction of sp³-hybridized carbons (Fsp3) is 0.231. The minimum absolute atomic E-state index is 0.184. The van der Waals surface area contributed by atoms with Crippen LogP contribution >= 0.6 is 11.3 Å². The van der Waals surface area contributed by atoms with Gasteiger partial charge < -0.3 is 5.73 Å². The van der Waals surface area contributed by atoms with E-state index >= 15 is 0 Å². The first-order valence-electron chi connectivity index (χ1n) is 6.03. The maximum Gasteiger partial charge on any atom is 0.245 e. The zero-order chi connectivity index (χ0) is 14.8. The minimum Gasteiger partial charge on any atom is -0.395 e. The number of hydrogen-bond donors (Lipinski definition) is 1. The highest BCUT2D eigenvalue weighted by atomic mass is 32.2. The highest BCUT2D eigenvalue weighted by molar-refractivity contribution is 7.89. The molecule has 0 fully saturated rings. The van der Waals surface area contributed by atoms with Crippen LogP contribution in [0, 0.1) is 5.82 Å². The van der Waals surface area contributed by atoms with Crippen molar-refractivity contribution in [3.8, 4) is 0 Å². The number of rotatable bonds is 5. The summed E-state index contributed by atoms with van der Waals surface area (Å²) in [6.07, 6.45) is 0. The second kappa shape index (κ2) is 5.90. The average Bonchev–Trinajstić information content (AvgIpc) is 2.91. The molecule has 2 N–H and O–H groups in total. The molecule has 1 heterocycles. The molecule has 0 amide bonds. The first kappa shape index (κ1) is 15.0. The molecular formula is C13H15FN2O2S2. The third-order valence-electron chi connectivity index (χ3n) is 2.90. The van der Waals surface area contributed by atoms with Crippen LogP contribution in [0.15, 0.2) is 40.6 Å². The molecule has 0 aliphatic carbocycles. The van der Waals surface area contributed by atoms with Crippen molar-refractivity contribution < 1.29 is 12.8 Å². The number of nitrogens with zero attached hydrogens (tertiary/aromatic N) is 1. The molecule has 0 saturated carbocycles. The predicted molar refractivity (Wildman–Crippen MR) is 78.4 cm³/mol. The maximum atomic E-state index is 13.4. The molecule has 0 saturated heterocycles. The monoisotopic (exact) mass is 314 g/mol. The van der Waals surface area contributed by atoms with Crippen molar-refractivity contribution in [1.82, 2.24) is 4.31 Å². The molecule has 108 valence electrons. The van der Waals surface area contributed by atoms with Crippen molar-refractivity contribution >= 4 is 27.0 Å². The van der Waals surface area contributed by atoms with Gasteiger partial charge in [0.1, 0.15) is 10.7 Å². The second-order valence-corrected chi connectivity index (χ2v) is 7.10. The summed E-state index contributed by atoms with van der Waals surface area (Å²) in [7, 11) is -3.81. The molecular weight excluding hydrogens is 299 g/mol. The van der Waals surface area contributed by atoms with Gasteiger partial charge in [0.2, 0.25) is 10.0 Å². The van der Waals surface area contributed by atoms with Gasteiger partial charge in [-0.3, -0.25) is 0 Å². The Morgan fingerprint density at radius 2 is 2.05 bits per heavy atom. The Bertz CT molecular complexity index is 684. The van der Waals surface area contributed by atoms with Gasteiger partial charge >= 0.3 is 0 Å². The van der Waals surface area contributed by atoms with Crippen LogP contribution in [-0.4, -0.2) is 19.3 Å². The summed E-state index contributed by atoms with van der Waals surface area (Å²) in [5, 5.41) is 1.88. The molecule has 0 spiro atoms. The molecule has 7 heteroatoms. The van der Waals surface area contributed by atoms with Crippen LogP contribution in [0.2, 0.25) is 0 Å². The Balaban J connectivity index is 2.39.